The summed E-state index contributed by atoms with van der Waals surface area (Å²) in [6.45, 7) is 12.9. The maximum Gasteiger partial charge on any atom is 0.239 e. The standard InChI is InChI=1S/C22H32N2O2/c1-13-14(2)16(4)20(17(5)15(13)3)21(25)18-8-11-24(12-9-18)22(26)19-7-6-10-23-19/h18-19,23H,6-12H2,1-5H3/t19-/m0/s1. The second-order valence-electron chi connectivity index (χ2n) is 8.11. The van der Waals surface area contributed by atoms with Gasteiger partial charge in [-0.2, -0.15) is 0 Å². The smallest absolute Gasteiger partial charge is 0.239 e. The Morgan fingerprint density at radius 2 is 1.38 bits per heavy atom. The normalized spacial score (nSPS) is 21.3. The lowest BCUT2D eigenvalue weighted by Gasteiger charge is -2.33. The van der Waals surface area contributed by atoms with Crippen LogP contribution >= 0.6 is 0 Å². The van der Waals surface area contributed by atoms with Crippen molar-refractivity contribution in [2.75, 3.05) is 19.6 Å². The molecule has 1 N–H and O–H groups in total. The van der Waals surface area contributed by atoms with Crippen LogP contribution in [0.15, 0.2) is 0 Å². The maximum atomic E-state index is 13.3. The molecule has 0 saturated carbocycles. The molecule has 142 valence electrons. The van der Waals surface area contributed by atoms with Gasteiger partial charge in [0.15, 0.2) is 5.78 Å². The van der Waals surface area contributed by atoms with Crippen LogP contribution in [0.25, 0.3) is 0 Å². The number of piperidine rings is 1. The van der Waals surface area contributed by atoms with E-state index < -0.39 is 0 Å². The third-order valence-corrected chi connectivity index (χ3v) is 6.78. The first kappa shape index (κ1) is 19.1. The summed E-state index contributed by atoms with van der Waals surface area (Å²) in [6.07, 6.45) is 3.58. The number of Topliss-reactive ketones (excluding diaryl/α,β-unsaturated/α-hetero) is 1. The monoisotopic (exact) mass is 356 g/mol. The van der Waals surface area contributed by atoms with Crippen molar-refractivity contribution in [3.63, 3.8) is 0 Å². The van der Waals surface area contributed by atoms with E-state index in [1.807, 2.05) is 4.90 Å². The summed E-state index contributed by atoms with van der Waals surface area (Å²) in [5.41, 5.74) is 6.94. The van der Waals surface area contributed by atoms with Crippen LogP contribution in [0.4, 0.5) is 0 Å². The largest absolute Gasteiger partial charge is 0.341 e. The fourth-order valence-electron chi connectivity index (χ4n) is 4.55. The molecule has 3 rings (SSSR count). The Bertz CT molecular complexity index is 695. The van der Waals surface area contributed by atoms with Crippen LogP contribution < -0.4 is 5.32 Å². The Labute approximate surface area is 157 Å². The fourth-order valence-corrected chi connectivity index (χ4v) is 4.55. The number of nitrogens with one attached hydrogen (secondary N) is 1. The van der Waals surface area contributed by atoms with Crippen molar-refractivity contribution in [1.29, 1.82) is 0 Å². The zero-order chi connectivity index (χ0) is 19.0. The van der Waals surface area contributed by atoms with Gasteiger partial charge < -0.3 is 10.2 Å². The lowest BCUT2D eigenvalue weighted by atomic mass is 9.81. The topological polar surface area (TPSA) is 49.4 Å². The molecule has 26 heavy (non-hydrogen) atoms. The van der Waals surface area contributed by atoms with Crippen molar-refractivity contribution >= 4 is 11.7 Å². The molecule has 1 atom stereocenters. The Hall–Kier alpha value is -1.68. The summed E-state index contributed by atoms with van der Waals surface area (Å²) in [7, 11) is 0. The van der Waals surface area contributed by atoms with E-state index >= 15 is 0 Å². The minimum Gasteiger partial charge on any atom is -0.341 e. The highest BCUT2D eigenvalue weighted by Gasteiger charge is 2.33. The number of carbonyl (C=O) groups excluding carboxylic acids is 2. The Kier molecular flexibility index (Phi) is 5.52. The van der Waals surface area contributed by atoms with Gasteiger partial charge in [0.1, 0.15) is 0 Å². The van der Waals surface area contributed by atoms with Crippen molar-refractivity contribution in [3.8, 4) is 0 Å². The van der Waals surface area contributed by atoms with Crippen LogP contribution in [0.2, 0.25) is 0 Å². The van der Waals surface area contributed by atoms with E-state index in [9.17, 15) is 9.59 Å². The Morgan fingerprint density at radius 1 is 0.846 bits per heavy atom. The summed E-state index contributed by atoms with van der Waals surface area (Å²) >= 11 is 0. The van der Waals surface area contributed by atoms with Crippen molar-refractivity contribution in [2.45, 2.75) is 66.3 Å². The molecule has 4 heteroatoms. The molecular formula is C22H32N2O2. The lowest BCUT2D eigenvalue weighted by Crippen LogP contribution is -2.47. The summed E-state index contributed by atoms with van der Waals surface area (Å²) in [5.74, 6) is 0.537. The number of carbonyl (C=O) groups is 2. The SMILES string of the molecule is Cc1c(C)c(C)c(C(=O)C2CCN(C(=O)[C@@H]3CCCN3)CC2)c(C)c1C. The molecule has 0 bridgehead atoms. The summed E-state index contributed by atoms with van der Waals surface area (Å²) < 4.78 is 0. The number of hydrogen-bond acceptors (Lipinski definition) is 3. The fraction of sp³-hybridized carbons (Fsp3) is 0.636. The molecule has 2 aliphatic rings. The molecular weight excluding hydrogens is 324 g/mol. The van der Waals surface area contributed by atoms with Gasteiger partial charge in [0.2, 0.25) is 5.91 Å². The molecule has 2 aliphatic heterocycles. The van der Waals surface area contributed by atoms with E-state index in [0.29, 0.717) is 13.1 Å². The van der Waals surface area contributed by atoms with E-state index in [1.165, 1.54) is 16.7 Å². The van der Waals surface area contributed by atoms with Gasteiger partial charge in [-0.25, -0.2) is 0 Å². The van der Waals surface area contributed by atoms with Crippen molar-refractivity contribution < 1.29 is 9.59 Å². The van der Waals surface area contributed by atoms with Gasteiger partial charge in [-0.05, 0) is 94.7 Å². The van der Waals surface area contributed by atoms with Crippen LogP contribution in [-0.2, 0) is 4.79 Å². The first-order valence-corrected chi connectivity index (χ1v) is 9.96. The average molecular weight is 357 g/mol. The molecule has 0 aliphatic carbocycles. The van der Waals surface area contributed by atoms with E-state index in [1.54, 1.807) is 0 Å². The maximum absolute atomic E-state index is 13.3. The highest BCUT2D eigenvalue weighted by molar-refractivity contribution is 6.01. The highest BCUT2D eigenvalue weighted by Crippen LogP contribution is 2.31. The number of hydrogen-bond donors (Lipinski definition) is 1. The van der Waals surface area contributed by atoms with E-state index in [2.05, 4.69) is 39.9 Å². The molecule has 0 unspecified atom stereocenters. The van der Waals surface area contributed by atoms with Crippen LogP contribution in [0.1, 0.15) is 63.9 Å². The predicted molar refractivity (Wildman–Crippen MR) is 105 cm³/mol. The molecule has 0 radical (unpaired) electrons. The molecule has 0 aromatic heterocycles. The van der Waals surface area contributed by atoms with Gasteiger partial charge >= 0.3 is 0 Å². The average Bonchev–Trinajstić information content (AvgIpc) is 3.19. The number of benzene rings is 1. The minimum absolute atomic E-state index is 0.00543. The zero-order valence-electron chi connectivity index (χ0n) is 16.9. The van der Waals surface area contributed by atoms with Crippen LogP contribution in [-0.4, -0.2) is 42.3 Å². The number of rotatable bonds is 3. The Morgan fingerprint density at radius 3 is 1.88 bits per heavy atom. The number of nitrogens with zero attached hydrogens (tertiary/aromatic N) is 1. The first-order chi connectivity index (χ1) is 12.3. The van der Waals surface area contributed by atoms with Gasteiger partial charge in [0.05, 0.1) is 6.04 Å². The van der Waals surface area contributed by atoms with Crippen LogP contribution in [0, 0.1) is 40.5 Å². The third-order valence-electron chi connectivity index (χ3n) is 6.78. The summed E-state index contributed by atoms with van der Waals surface area (Å²) in [6, 6.07) is -0.00543. The van der Waals surface area contributed by atoms with Crippen molar-refractivity contribution in [3.05, 3.63) is 33.4 Å². The molecule has 2 fully saturated rings. The number of amides is 1. The van der Waals surface area contributed by atoms with Gasteiger partial charge in [-0.3, -0.25) is 9.59 Å². The van der Waals surface area contributed by atoms with E-state index in [4.69, 9.17) is 0 Å². The van der Waals surface area contributed by atoms with Crippen LogP contribution in [0.5, 0.6) is 0 Å². The lowest BCUT2D eigenvalue weighted by molar-refractivity contribution is -0.134. The molecule has 0 spiro atoms. The molecule has 4 nitrogen and oxygen atoms in total. The van der Waals surface area contributed by atoms with E-state index in [-0.39, 0.29) is 23.7 Å². The summed E-state index contributed by atoms with van der Waals surface area (Å²) in [4.78, 5) is 27.8. The van der Waals surface area contributed by atoms with Crippen molar-refractivity contribution in [1.82, 2.24) is 10.2 Å². The molecule has 2 saturated heterocycles. The molecule has 1 aromatic carbocycles. The zero-order valence-corrected chi connectivity index (χ0v) is 16.9. The molecule has 2 heterocycles. The Balaban J connectivity index is 1.72. The van der Waals surface area contributed by atoms with Gasteiger partial charge in [-0.1, -0.05) is 0 Å². The third kappa shape index (κ3) is 3.32. The summed E-state index contributed by atoms with van der Waals surface area (Å²) in [5, 5.41) is 3.29. The molecule has 1 aromatic rings. The number of likely N-dealkylation sites (tertiary alicyclic amines) is 1. The molecule has 1 amide bonds. The minimum atomic E-state index is -0.00543. The first-order valence-electron chi connectivity index (χ1n) is 9.96. The predicted octanol–water partition coefficient (Wildman–Crippen LogP) is 3.40. The quantitative estimate of drug-likeness (QED) is 0.845. The highest BCUT2D eigenvalue weighted by atomic mass is 16.2. The van der Waals surface area contributed by atoms with Gasteiger partial charge in [-0.15, -0.1) is 0 Å². The van der Waals surface area contributed by atoms with Gasteiger partial charge in [0.25, 0.3) is 0 Å². The van der Waals surface area contributed by atoms with Gasteiger partial charge in [0, 0.05) is 24.6 Å². The van der Waals surface area contributed by atoms with E-state index in [0.717, 1.165) is 48.9 Å². The number of ketones is 1. The second kappa shape index (κ2) is 7.51. The van der Waals surface area contributed by atoms with Crippen molar-refractivity contribution in [2.24, 2.45) is 5.92 Å². The second-order valence-corrected chi connectivity index (χ2v) is 8.11. The van der Waals surface area contributed by atoms with Crippen LogP contribution in [0.3, 0.4) is 0 Å².